The number of amides is 2. The number of urea groups is 1. The van der Waals surface area contributed by atoms with Crippen LogP contribution < -0.4 is 11.1 Å². The van der Waals surface area contributed by atoms with Crippen molar-refractivity contribution in [2.45, 2.75) is 45.1 Å². The van der Waals surface area contributed by atoms with Crippen LogP contribution in [-0.4, -0.2) is 35.9 Å². The minimum absolute atomic E-state index is 0.00667. The average Bonchev–Trinajstić information content (AvgIpc) is 2.28. The van der Waals surface area contributed by atoms with Gasteiger partial charge in [-0.25, -0.2) is 4.79 Å². The van der Waals surface area contributed by atoms with Crippen molar-refractivity contribution >= 4 is 11.9 Å². The fourth-order valence-corrected chi connectivity index (χ4v) is 1.93. The van der Waals surface area contributed by atoms with E-state index in [2.05, 4.69) is 5.32 Å². The van der Waals surface area contributed by atoms with Crippen LogP contribution in [0.2, 0.25) is 0 Å². The first-order valence-corrected chi connectivity index (χ1v) is 6.01. The van der Waals surface area contributed by atoms with Crippen molar-refractivity contribution in [3.63, 3.8) is 0 Å². The Hall–Kier alpha value is -1.26. The highest BCUT2D eigenvalue weighted by Gasteiger charge is 2.19. The van der Waals surface area contributed by atoms with Gasteiger partial charge in [-0.3, -0.25) is 5.41 Å². The topological polar surface area (TPSA) is 82.2 Å². The Labute approximate surface area is 96.9 Å². The lowest BCUT2D eigenvalue weighted by molar-refractivity contribution is 0.182. The molecule has 0 aromatic heterocycles. The third kappa shape index (κ3) is 4.08. The van der Waals surface area contributed by atoms with Crippen molar-refractivity contribution < 1.29 is 4.79 Å². The smallest absolute Gasteiger partial charge is 0.317 e. The number of carbonyl (C=O) groups excluding carboxylic acids is 1. The third-order valence-corrected chi connectivity index (χ3v) is 2.93. The number of piperidine rings is 1. The normalized spacial score (nSPS) is 17.9. The zero-order valence-electron chi connectivity index (χ0n) is 9.96. The SMILES string of the molecule is CCC(CC(=N)N)NC(=O)N1CCCCC1. The predicted octanol–water partition coefficient (Wildman–Crippen LogP) is 1.29. The van der Waals surface area contributed by atoms with Gasteiger partial charge in [0.05, 0.1) is 5.84 Å². The molecule has 1 saturated heterocycles. The van der Waals surface area contributed by atoms with E-state index in [0.717, 1.165) is 32.4 Å². The van der Waals surface area contributed by atoms with Gasteiger partial charge in [-0.05, 0) is 25.7 Å². The van der Waals surface area contributed by atoms with E-state index < -0.39 is 0 Å². The largest absolute Gasteiger partial charge is 0.388 e. The fourth-order valence-electron chi connectivity index (χ4n) is 1.93. The molecule has 0 saturated carbocycles. The molecule has 4 N–H and O–H groups in total. The molecule has 2 amide bonds. The van der Waals surface area contributed by atoms with Crippen LogP contribution in [0.15, 0.2) is 0 Å². The van der Waals surface area contributed by atoms with Crippen molar-refractivity contribution in [3.8, 4) is 0 Å². The Morgan fingerprint density at radius 3 is 2.56 bits per heavy atom. The minimum atomic E-state index is -0.00748. The van der Waals surface area contributed by atoms with Crippen LogP contribution in [0, 0.1) is 5.41 Å². The molecule has 1 fully saturated rings. The highest BCUT2D eigenvalue weighted by molar-refractivity contribution is 5.79. The summed E-state index contributed by atoms with van der Waals surface area (Å²) >= 11 is 0. The van der Waals surface area contributed by atoms with Gasteiger partial charge in [0.2, 0.25) is 0 Å². The van der Waals surface area contributed by atoms with E-state index in [9.17, 15) is 4.79 Å². The summed E-state index contributed by atoms with van der Waals surface area (Å²) < 4.78 is 0. The molecule has 0 aromatic rings. The van der Waals surface area contributed by atoms with Crippen LogP contribution in [0.5, 0.6) is 0 Å². The third-order valence-electron chi connectivity index (χ3n) is 2.93. The lowest BCUT2D eigenvalue weighted by Gasteiger charge is -2.29. The predicted molar refractivity (Wildman–Crippen MR) is 64.6 cm³/mol. The van der Waals surface area contributed by atoms with Gasteiger partial charge in [-0.2, -0.15) is 0 Å². The number of likely N-dealkylation sites (tertiary alicyclic amines) is 1. The van der Waals surface area contributed by atoms with E-state index in [1.807, 2.05) is 11.8 Å². The number of amidine groups is 1. The molecule has 0 aromatic carbocycles. The number of hydrogen-bond donors (Lipinski definition) is 3. The first kappa shape index (κ1) is 12.8. The standard InChI is InChI=1S/C11H22N4O/c1-2-9(8-10(12)13)14-11(16)15-6-4-3-5-7-15/h9H,2-8H2,1H3,(H3,12,13)(H,14,16). The summed E-state index contributed by atoms with van der Waals surface area (Å²) in [5.41, 5.74) is 5.34. The molecule has 16 heavy (non-hydrogen) atoms. The molecule has 0 aliphatic carbocycles. The number of carbonyl (C=O) groups is 1. The molecule has 1 aliphatic heterocycles. The zero-order chi connectivity index (χ0) is 12.0. The van der Waals surface area contributed by atoms with Crippen molar-refractivity contribution in [1.82, 2.24) is 10.2 Å². The summed E-state index contributed by atoms with van der Waals surface area (Å²) in [5.74, 6) is 0.130. The molecular formula is C11H22N4O. The van der Waals surface area contributed by atoms with E-state index in [1.54, 1.807) is 0 Å². The summed E-state index contributed by atoms with van der Waals surface area (Å²) in [5, 5.41) is 10.2. The second-order valence-electron chi connectivity index (χ2n) is 4.33. The zero-order valence-corrected chi connectivity index (χ0v) is 9.96. The summed E-state index contributed by atoms with van der Waals surface area (Å²) in [6.07, 6.45) is 4.65. The van der Waals surface area contributed by atoms with Crippen LogP contribution in [0.3, 0.4) is 0 Å². The van der Waals surface area contributed by atoms with Gasteiger partial charge in [0.1, 0.15) is 0 Å². The van der Waals surface area contributed by atoms with E-state index in [0.29, 0.717) is 6.42 Å². The van der Waals surface area contributed by atoms with Gasteiger partial charge in [0.25, 0.3) is 0 Å². The van der Waals surface area contributed by atoms with Crippen molar-refractivity contribution in [2.24, 2.45) is 5.73 Å². The molecule has 1 aliphatic rings. The number of nitrogens with zero attached hydrogens (tertiary/aromatic N) is 1. The Balaban J connectivity index is 2.38. The van der Waals surface area contributed by atoms with Gasteiger partial charge >= 0.3 is 6.03 Å². The average molecular weight is 226 g/mol. The van der Waals surface area contributed by atoms with E-state index in [-0.39, 0.29) is 17.9 Å². The van der Waals surface area contributed by atoms with Crippen LogP contribution in [-0.2, 0) is 0 Å². The summed E-state index contributed by atoms with van der Waals surface area (Å²) in [6.45, 7) is 3.69. The van der Waals surface area contributed by atoms with Crippen LogP contribution in [0.4, 0.5) is 4.79 Å². The Morgan fingerprint density at radius 2 is 2.06 bits per heavy atom. The van der Waals surface area contributed by atoms with Gasteiger partial charge < -0.3 is 16.0 Å². The van der Waals surface area contributed by atoms with Gasteiger partial charge in [0, 0.05) is 25.6 Å². The first-order valence-electron chi connectivity index (χ1n) is 6.01. The molecule has 5 nitrogen and oxygen atoms in total. The van der Waals surface area contributed by atoms with E-state index in [1.165, 1.54) is 6.42 Å². The first-order chi connectivity index (χ1) is 7.63. The maximum absolute atomic E-state index is 11.9. The minimum Gasteiger partial charge on any atom is -0.388 e. The lowest BCUT2D eigenvalue weighted by atomic mass is 10.1. The summed E-state index contributed by atoms with van der Waals surface area (Å²) in [6, 6.07) is -0.0141. The highest BCUT2D eigenvalue weighted by Crippen LogP contribution is 2.09. The van der Waals surface area contributed by atoms with Crippen LogP contribution in [0.1, 0.15) is 39.0 Å². The molecule has 1 atom stereocenters. The van der Waals surface area contributed by atoms with E-state index in [4.69, 9.17) is 11.1 Å². The maximum atomic E-state index is 11.9. The highest BCUT2D eigenvalue weighted by atomic mass is 16.2. The lowest BCUT2D eigenvalue weighted by Crippen LogP contribution is -2.47. The molecule has 1 unspecified atom stereocenters. The molecule has 1 heterocycles. The Kier molecular flexibility index (Phi) is 5.08. The molecule has 92 valence electrons. The van der Waals surface area contributed by atoms with Crippen molar-refractivity contribution in [2.75, 3.05) is 13.1 Å². The molecule has 1 rings (SSSR count). The maximum Gasteiger partial charge on any atom is 0.317 e. The molecule has 5 heteroatoms. The van der Waals surface area contributed by atoms with Crippen LogP contribution in [0.25, 0.3) is 0 Å². The van der Waals surface area contributed by atoms with Crippen molar-refractivity contribution in [3.05, 3.63) is 0 Å². The summed E-state index contributed by atoms with van der Waals surface area (Å²) in [7, 11) is 0. The van der Waals surface area contributed by atoms with Crippen LogP contribution >= 0.6 is 0 Å². The van der Waals surface area contributed by atoms with Gasteiger partial charge in [-0.15, -0.1) is 0 Å². The quantitative estimate of drug-likeness (QED) is 0.498. The number of hydrogen-bond acceptors (Lipinski definition) is 2. The molecule has 0 spiro atoms. The number of rotatable bonds is 4. The van der Waals surface area contributed by atoms with Crippen molar-refractivity contribution in [1.29, 1.82) is 5.41 Å². The Morgan fingerprint density at radius 1 is 1.44 bits per heavy atom. The monoisotopic (exact) mass is 226 g/mol. The molecular weight excluding hydrogens is 204 g/mol. The second kappa shape index (κ2) is 6.35. The molecule has 0 bridgehead atoms. The van der Waals surface area contributed by atoms with Gasteiger partial charge in [-0.1, -0.05) is 6.92 Å². The van der Waals surface area contributed by atoms with Gasteiger partial charge in [0.15, 0.2) is 0 Å². The van der Waals surface area contributed by atoms with E-state index >= 15 is 0 Å². The number of nitrogens with two attached hydrogens (primary N) is 1. The molecule has 0 radical (unpaired) electrons. The number of nitrogens with one attached hydrogen (secondary N) is 2. The Bertz CT molecular complexity index is 248. The fraction of sp³-hybridized carbons (Fsp3) is 0.818. The second-order valence-corrected chi connectivity index (χ2v) is 4.33. The summed E-state index contributed by atoms with van der Waals surface area (Å²) in [4.78, 5) is 13.7.